The van der Waals surface area contributed by atoms with Crippen molar-refractivity contribution in [3.05, 3.63) is 83.9 Å². The van der Waals surface area contributed by atoms with Gasteiger partial charge in [-0.05, 0) is 52.9 Å². The van der Waals surface area contributed by atoms with Gasteiger partial charge in [-0.15, -0.1) is 0 Å². The van der Waals surface area contributed by atoms with Crippen molar-refractivity contribution in [2.45, 2.75) is 25.5 Å². The number of carboxylic acids is 1. The third kappa shape index (κ3) is 4.75. The third-order valence-corrected chi connectivity index (χ3v) is 5.39. The van der Waals surface area contributed by atoms with Crippen LogP contribution in [0.3, 0.4) is 0 Å². The van der Waals surface area contributed by atoms with Crippen molar-refractivity contribution >= 4 is 17.6 Å². The van der Waals surface area contributed by atoms with E-state index in [1.54, 1.807) is 4.90 Å². The van der Waals surface area contributed by atoms with Crippen LogP contribution in [0.2, 0.25) is 0 Å². The van der Waals surface area contributed by atoms with Gasteiger partial charge in [0, 0.05) is 12.2 Å². The first kappa shape index (κ1) is 20.6. The number of amides is 1. The number of carbonyl (C=O) groups is 2. The number of aliphatic carboxylic acids is 1. The SMILES string of the molecule is N[C@H](CC(=O)O)C(=O)N1CCc2cc(-c3ccc(OCc4ccccc4)cc3)ccc21. The molecule has 0 saturated heterocycles. The lowest BCUT2D eigenvalue weighted by Gasteiger charge is -2.21. The molecule has 1 atom stereocenters. The molecular weight excluding hydrogens is 392 g/mol. The van der Waals surface area contributed by atoms with Gasteiger partial charge in [-0.3, -0.25) is 9.59 Å². The molecule has 3 N–H and O–H groups in total. The second-order valence-electron chi connectivity index (χ2n) is 7.59. The Kier molecular flexibility index (Phi) is 6.00. The minimum absolute atomic E-state index is 0.353. The zero-order valence-electron chi connectivity index (χ0n) is 17.0. The summed E-state index contributed by atoms with van der Waals surface area (Å²) < 4.78 is 5.85. The summed E-state index contributed by atoms with van der Waals surface area (Å²) in [5, 5.41) is 8.88. The van der Waals surface area contributed by atoms with Gasteiger partial charge in [0.25, 0.3) is 0 Å². The van der Waals surface area contributed by atoms with E-state index in [1.165, 1.54) is 0 Å². The summed E-state index contributed by atoms with van der Waals surface area (Å²) in [6.07, 6.45) is 0.342. The van der Waals surface area contributed by atoms with Crippen molar-refractivity contribution in [3.8, 4) is 16.9 Å². The molecule has 1 aliphatic rings. The highest BCUT2D eigenvalue weighted by molar-refractivity contribution is 6.00. The number of carboxylic acid groups (broad SMARTS) is 1. The van der Waals surface area contributed by atoms with Crippen LogP contribution in [-0.2, 0) is 22.6 Å². The van der Waals surface area contributed by atoms with Gasteiger partial charge >= 0.3 is 5.97 Å². The van der Waals surface area contributed by atoms with Crippen LogP contribution in [0.25, 0.3) is 11.1 Å². The fourth-order valence-corrected chi connectivity index (χ4v) is 3.77. The lowest BCUT2D eigenvalue weighted by molar-refractivity contribution is -0.139. The number of fused-ring (bicyclic) bond motifs is 1. The molecule has 0 bridgehead atoms. The van der Waals surface area contributed by atoms with Gasteiger partial charge < -0.3 is 20.5 Å². The van der Waals surface area contributed by atoms with Crippen LogP contribution in [0, 0.1) is 0 Å². The van der Waals surface area contributed by atoms with Crippen LogP contribution in [0.4, 0.5) is 5.69 Å². The molecule has 0 spiro atoms. The molecule has 0 unspecified atom stereocenters. The smallest absolute Gasteiger partial charge is 0.305 e. The zero-order chi connectivity index (χ0) is 21.8. The van der Waals surface area contributed by atoms with Gasteiger partial charge in [0.2, 0.25) is 5.91 Å². The van der Waals surface area contributed by atoms with Gasteiger partial charge in [-0.1, -0.05) is 48.5 Å². The Labute approximate surface area is 180 Å². The number of hydrogen-bond donors (Lipinski definition) is 2. The van der Waals surface area contributed by atoms with E-state index in [-0.39, 0.29) is 12.3 Å². The molecule has 0 radical (unpaired) electrons. The Morgan fingerprint density at radius 3 is 2.42 bits per heavy atom. The first-order valence-corrected chi connectivity index (χ1v) is 10.2. The Bertz CT molecular complexity index is 1080. The molecular formula is C25H24N2O4. The molecule has 0 aliphatic carbocycles. The lowest BCUT2D eigenvalue weighted by Crippen LogP contribution is -2.44. The van der Waals surface area contributed by atoms with Crippen molar-refractivity contribution in [3.63, 3.8) is 0 Å². The van der Waals surface area contributed by atoms with Gasteiger partial charge in [0.15, 0.2) is 0 Å². The van der Waals surface area contributed by atoms with Gasteiger partial charge in [-0.2, -0.15) is 0 Å². The molecule has 0 aromatic heterocycles. The summed E-state index contributed by atoms with van der Waals surface area (Å²) >= 11 is 0. The number of nitrogens with two attached hydrogens (primary N) is 1. The number of hydrogen-bond acceptors (Lipinski definition) is 4. The van der Waals surface area contributed by atoms with Crippen LogP contribution in [0.5, 0.6) is 5.75 Å². The standard InChI is InChI=1S/C25H24N2O4/c26-22(15-24(28)29)25(30)27-13-12-20-14-19(8-11-23(20)27)18-6-9-21(10-7-18)31-16-17-4-2-1-3-5-17/h1-11,14,22H,12-13,15-16,26H2,(H,28,29)/t22-/m1/s1. The minimum atomic E-state index is -1.08. The summed E-state index contributed by atoms with van der Waals surface area (Å²) in [5.41, 5.74) is 10.9. The first-order chi connectivity index (χ1) is 15.0. The van der Waals surface area contributed by atoms with E-state index in [9.17, 15) is 9.59 Å². The van der Waals surface area contributed by atoms with Gasteiger partial charge in [-0.25, -0.2) is 0 Å². The molecule has 31 heavy (non-hydrogen) atoms. The highest BCUT2D eigenvalue weighted by Crippen LogP contribution is 2.33. The molecule has 0 fully saturated rings. The van der Waals surface area contributed by atoms with E-state index in [2.05, 4.69) is 6.07 Å². The van der Waals surface area contributed by atoms with Gasteiger partial charge in [0.05, 0.1) is 12.5 Å². The molecule has 4 rings (SSSR count). The predicted octanol–water partition coefficient (Wildman–Crippen LogP) is 3.62. The van der Waals surface area contributed by atoms with Crippen LogP contribution < -0.4 is 15.4 Å². The minimum Gasteiger partial charge on any atom is -0.489 e. The molecule has 1 amide bonds. The quantitative estimate of drug-likeness (QED) is 0.614. The van der Waals surface area contributed by atoms with E-state index < -0.39 is 12.0 Å². The van der Waals surface area contributed by atoms with E-state index in [0.29, 0.717) is 19.6 Å². The number of rotatable bonds is 7. The number of anilines is 1. The molecule has 1 aliphatic heterocycles. The van der Waals surface area contributed by atoms with Crippen molar-refractivity contribution in [1.29, 1.82) is 0 Å². The lowest BCUT2D eigenvalue weighted by atomic mass is 10.0. The van der Waals surface area contributed by atoms with Crippen molar-refractivity contribution in [2.75, 3.05) is 11.4 Å². The van der Waals surface area contributed by atoms with Gasteiger partial charge in [0.1, 0.15) is 12.4 Å². The Morgan fingerprint density at radius 1 is 1.00 bits per heavy atom. The average Bonchev–Trinajstić information content (AvgIpc) is 3.21. The topological polar surface area (TPSA) is 92.9 Å². The average molecular weight is 416 g/mol. The zero-order valence-corrected chi connectivity index (χ0v) is 17.0. The molecule has 158 valence electrons. The van der Waals surface area contributed by atoms with E-state index in [0.717, 1.165) is 33.7 Å². The number of nitrogens with zero attached hydrogens (tertiary/aromatic N) is 1. The molecule has 6 heteroatoms. The number of carbonyl (C=O) groups excluding carboxylic acids is 1. The van der Waals surface area contributed by atoms with Crippen molar-refractivity contribution < 1.29 is 19.4 Å². The van der Waals surface area contributed by atoms with E-state index >= 15 is 0 Å². The Hall–Kier alpha value is -3.64. The largest absolute Gasteiger partial charge is 0.489 e. The Morgan fingerprint density at radius 2 is 1.71 bits per heavy atom. The molecule has 3 aromatic rings. The molecule has 6 nitrogen and oxygen atoms in total. The second-order valence-corrected chi connectivity index (χ2v) is 7.59. The number of ether oxygens (including phenoxy) is 1. The Balaban J connectivity index is 1.44. The first-order valence-electron chi connectivity index (χ1n) is 10.2. The third-order valence-electron chi connectivity index (χ3n) is 5.39. The summed E-state index contributed by atoms with van der Waals surface area (Å²) in [5.74, 6) is -0.626. The van der Waals surface area contributed by atoms with Crippen molar-refractivity contribution in [1.82, 2.24) is 0 Å². The molecule has 0 saturated carbocycles. The van der Waals surface area contributed by atoms with Crippen molar-refractivity contribution in [2.24, 2.45) is 5.73 Å². The maximum absolute atomic E-state index is 12.5. The summed E-state index contributed by atoms with van der Waals surface area (Å²) in [6.45, 7) is 1.03. The van der Waals surface area contributed by atoms with Crippen LogP contribution in [0.15, 0.2) is 72.8 Å². The van der Waals surface area contributed by atoms with Crippen LogP contribution in [0.1, 0.15) is 17.5 Å². The van der Waals surface area contributed by atoms with E-state index in [4.69, 9.17) is 15.6 Å². The maximum atomic E-state index is 12.5. The molecule has 1 heterocycles. The predicted molar refractivity (Wildman–Crippen MR) is 119 cm³/mol. The summed E-state index contributed by atoms with van der Waals surface area (Å²) in [4.78, 5) is 25.0. The fourth-order valence-electron chi connectivity index (χ4n) is 3.77. The highest BCUT2D eigenvalue weighted by atomic mass is 16.5. The monoisotopic (exact) mass is 416 g/mol. The summed E-state index contributed by atoms with van der Waals surface area (Å²) in [6, 6.07) is 22.9. The second kappa shape index (κ2) is 9.02. The van der Waals surface area contributed by atoms with Crippen LogP contribution >= 0.6 is 0 Å². The van der Waals surface area contributed by atoms with E-state index in [1.807, 2.05) is 66.7 Å². The summed E-state index contributed by atoms with van der Waals surface area (Å²) in [7, 11) is 0. The maximum Gasteiger partial charge on any atom is 0.305 e. The van der Waals surface area contributed by atoms with Crippen LogP contribution in [-0.4, -0.2) is 29.6 Å². The number of benzene rings is 3. The fraction of sp³-hybridized carbons (Fsp3) is 0.200. The molecule has 3 aromatic carbocycles. The normalized spacial score (nSPS) is 13.5. The highest BCUT2D eigenvalue weighted by Gasteiger charge is 2.29.